The van der Waals surface area contributed by atoms with Crippen molar-refractivity contribution in [3.05, 3.63) is 75.3 Å². The molecule has 3 aromatic rings. The van der Waals surface area contributed by atoms with E-state index in [9.17, 15) is 4.39 Å². The first-order chi connectivity index (χ1) is 13.1. The Labute approximate surface area is 171 Å². The van der Waals surface area contributed by atoms with Gasteiger partial charge in [-0.15, -0.1) is 10.2 Å². The lowest BCUT2D eigenvalue weighted by Gasteiger charge is -2.05. The number of benzene rings is 2. The quantitative estimate of drug-likeness (QED) is 0.354. The van der Waals surface area contributed by atoms with Crippen molar-refractivity contribution in [3.8, 4) is 0 Å². The first-order valence-electron chi connectivity index (χ1n) is 8.38. The number of aryl methyl sites for hydroxylation is 1. The van der Waals surface area contributed by atoms with Gasteiger partial charge in [-0.3, -0.25) is 0 Å². The maximum atomic E-state index is 14.0. The van der Waals surface area contributed by atoms with Crippen molar-refractivity contribution in [2.45, 2.75) is 30.7 Å². The van der Waals surface area contributed by atoms with Crippen LogP contribution in [0.25, 0.3) is 0 Å². The predicted octanol–water partition coefficient (Wildman–Crippen LogP) is 5.85. The van der Waals surface area contributed by atoms with Crippen LogP contribution >= 0.6 is 35.0 Å². The van der Waals surface area contributed by atoms with Crippen molar-refractivity contribution < 1.29 is 4.39 Å². The van der Waals surface area contributed by atoms with Crippen LogP contribution in [0.2, 0.25) is 10.0 Å². The molecule has 0 bridgehead atoms. The van der Waals surface area contributed by atoms with Crippen LogP contribution in [0.1, 0.15) is 30.3 Å². The van der Waals surface area contributed by atoms with Gasteiger partial charge in [0.15, 0.2) is 5.82 Å². The molecule has 8 heteroatoms. The zero-order chi connectivity index (χ0) is 19.2. The molecule has 0 fully saturated rings. The number of nitrogens with zero attached hydrogens (tertiary/aromatic N) is 4. The van der Waals surface area contributed by atoms with E-state index >= 15 is 0 Å². The molecule has 0 atom stereocenters. The Bertz CT molecular complexity index is 921. The lowest BCUT2D eigenvalue weighted by atomic mass is 10.2. The van der Waals surface area contributed by atoms with Gasteiger partial charge in [-0.05, 0) is 36.2 Å². The van der Waals surface area contributed by atoms with Crippen molar-refractivity contribution in [2.75, 3.05) is 0 Å². The Hall–Kier alpha value is -1.89. The van der Waals surface area contributed by atoms with Crippen LogP contribution in [0.3, 0.4) is 0 Å². The molecular weight excluding hydrogens is 406 g/mol. The lowest BCUT2D eigenvalue weighted by molar-refractivity contribution is 0.625. The van der Waals surface area contributed by atoms with Crippen LogP contribution in [0, 0.1) is 5.82 Å². The molecule has 0 saturated carbocycles. The SMILES string of the molecule is CCCc1nnc(SCc2ccc(Cl)cc2)n1/N=C/c1c(F)cccc1Cl. The summed E-state index contributed by atoms with van der Waals surface area (Å²) >= 11 is 13.5. The second-order valence-electron chi connectivity index (χ2n) is 5.76. The molecule has 0 radical (unpaired) electrons. The van der Waals surface area contributed by atoms with E-state index in [4.69, 9.17) is 23.2 Å². The van der Waals surface area contributed by atoms with Gasteiger partial charge in [0.2, 0.25) is 5.16 Å². The highest BCUT2D eigenvalue weighted by atomic mass is 35.5. The molecule has 0 aliphatic heterocycles. The van der Waals surface area contributed by atoms with Crippen molar-refractivity contribution in [1.82, 2.24) is 14.9 Å². The summed E-state index contributed by atoms with van der Waals surface area (Å²) in [6.07, 6.45) is 3.03. The summed E-state index contributed by atoms with van der Waals surface area (Å²) < 4.78 is 15.6. The van der Waals surface area contributed by atoms with Gasteiger partial charge in [0.1, 0.15) is 5.82 Å². The zero-order valence-electron chi connectivity index (χ0n) is 14.6. The van der Waals surface area contributed by atoms with Crippen molar-refractivity contribution in [2.24, 2.45) is 5.10 Å². The summed E-state index contributed by atoms with van der Waals surface area (Å²) in [4.78, 5) is 0. The summed E-state index contributed by atoms with van der Waals surface area (Å²) in [5.74, 6) is 0.990. The molecule has 1 heterocycles. The summed E-state index contributed by atoms with van der Waals surface area (Å²) in [7, 11) is 0. The third-order valence-electron chi connectivity index (χ3n) is 3.73. The maximum absolute atomic E-state index is 14.0. The monoisotopic (exact) mass is 422 g/mol. The second kappa shape index (κ2) is 9.35. The van der Waals surface area contributed by atoms with Crippen molar-refractivity contribution >= 4 is 41.2 Å². The van der Waals surface area contributed by atoms with Gasteiger partial charge in [-0.2, -0.15) is 9.78 Å². The summed E-state index contributed by atoms with van der Waals surface area (Å²) in [5.41, 5.74) is 1.35. The van der Waals surface area contributed by atoms with Crippen molar-refractivity contribution in [3.63, 3.8) is 0 Å². The van der Waals surface area contributed by atoms with Gasteiger partial charge in [-0.1, -0.05) is 60.1 Å². The van der Waals surface area contributed by atoms with E-state index in [1.165, 1.54) is 24.0 Å². The van der Waals surface area contributed by atoms with Crippen molar-refractivity contribution in [1.29, 1.82) is 0 Å². The fourth-order valence-electron chi connectivity index (χ4n) is 2.36. The van der Waals surface area contributed by atoms with Crippen LogP contribution < -0.4 is 0 Å². The normalized spacial score (nSPS) is 11.4. The highest BCUT2D eigenvalue weighted by molar-refractivity contribution is 7.98. The molecule has 0 amide bonds. The van der Waals surface area contributed by atoms with E-state index in [2.05, 4.69) is 22.2 Å². The Morgan fingerprint density at radius 1 is 1.15 bits per heavy atom. The van der Waals surface area contributed by atoms with E-state index in [1.807, 2.05) is 24.3 Å². The molecule has 27 heavy (non-hydrogen) atoms. The minimum absolute atomic E-state index is 0.240. The molecule has 1 aromatic heterocycles. The Morgan fingerprint density at radius 3 is 2.63 bits per heavy atom. The third-order valence-corrected chi connectivity index (χ3v) is 5.31. The van der Waals surface area contributed by atoms with Gasteiger partial charge >= 0.3 is 0 Å². The molecule has 3 rings (SSSR count). The molecule has 4 nitrogen and oxygen atoms in total. The van der Waals surface area contributed by atoms with E-state index in [0.29, 0.717) is 21.0 Å². The van der Waals surface area contributed by atoms with Gasteiger partial charge in [-0.25, -0.2) is 4.39 Å². The van der Waals surface area contributed by atoms with Crippen LogP contribution in [-0.2, 0) is 12.2 Å². The number of aromatic nitrogens is 3. The maximum Gasteiger partial charge on any atom is 0.212 e. The Morgan fingerprint density at radius 2 is 1.93 bits per heavy atom. The van der Waals surface area contributed by atoms with Gasteiger partial charge in [0.05, 0.1) is 11.2 Å². The number of hydrogen-bond acceptors (Lipinski definition) is 4. The molecule has 140 valence electrons. The molecule has 0 spiro atoms. The second-order valence-corrected chi connectivity index (χ2v) is 7.54. The standard InChI is InChI=1S/C19H17Cl2FN4S/c1-2-4-18-24-25-19(27-12-13-7-9-14(20)10-8-13)26(18)23-11-15-16(21)5-3-6-17(15)22/h3,5-11H,2,4,12H2,1H3/b23-11+. The van der Waals surface area contributed by atoms with E-state index in [0.717, 1.165) is 24.2 Å². The molecule has 0 N–H and O–H groups in total. The molecule has 2 aromatic carbocycles. The topological polar surface area (TPSA) is 43.1 Å². The molecular formula is C19H17Cl2FN4S. The first-order valence-corrected chi connectivity index (χ1v) is 10.1. The summed E-state index contributed by atoms with van der Waals surface area (Å²) in [5, 5.41) is 14.5. The number of halogens is 3. The molecule has 0 aliphatic carbocycles. The largest absolute Gasteiger partial charge is 0.212 e. The predicted molar refractivity (Wildman–Crippen MR) is 109 cm³/mol. The van der Waals surface area contributed by atoms with Gasteiger partial charge in [0.25, 0.3) is 0 Å². The Balaban J connectivity index is 1.85. The molecule has 0 aliphatic rings. The minimum atomic E-state index is -0.424. The van der Waals surface area contributed by atoms with Crippen LogP contribution in [-0.4, -0.2) is 21.1 Å². The van der Waals surface area contributed by atoms with Crippen LogP contribution in [0.15, 0.2) is 52.7 Å². The third kappa shape index (κ3) is 5.09. The number of hydrogen-bond donors (Lipinski definition) is 0. The molecule has 0 unspecified atom stereocenters. The smallest absolute Gasteiger partial charge is 0.206 e. The fraction of sp³-hybridized carbons (Fsp3) is 0.211. The Kier molecular flexibility index (Phi) is 6.88. The summed E-state index contributed by atoms with van der Waals surface area (Å²) in [6, 6.07) is 12.2. The summed E-state index contributed by atoms with van der Waals surface area (Å²) in [6.45, 7) is 2.05. The molecule has 0 saturated heterocycles. The highest BCUT2D eigenvalue weighted by Gasteiger charge is 2.12. The fourth-order valence-corrected chi connectivity index (χ4v) is 3.56. The van der Waals surface area contributed by atoms with E-state index < -0.39 is 5.82 Å². The van der Waals surface area contributed by atoms with Crippen LogP contribution in [0.4, 0.5) is 4.39 Å². The zero-order valence-corrected chi connectivity index (χ0v) is 16.9. The average molecular weight is 423 g/mol. The minimum Gasteiger partial charge on any atom is -0.206 e. The number of thioether (sulfide) groups is 1. The van der Waals surface area contributed by atoms with Gasteiger partial charge < -0.3 is 0 Å². The van der Waals surface area contributed by atoms with Gasteiger partial charge in [0, 0.05) is 22.8 Å². The lowest BCUT2D eigenvalue weighted by Crippen LogP contribution is -2.01. The van der Waals surface area contributed by atoms with Crippen LogP contribution in [0.5, 0.6) is 0 Å². The average Bonchev–Trinajstić information content (AvgIpc) is 3.03. The first kappa shape index (κ1) is 19.9. The highest BCUT2D eigenvalue weighted by Crippen LogP contribution is 2.24. The van der Waals surface area contributed by atoms with E-state index in [-0.39, 0.29) is 5.56 Å². The van der Waals surface area contributed by atoms with E-state index in [1.54, 1.807) is 16.8 Å². The number of rotatable bonds is 7.